The number of ether oxygens (including phenoxy) is 1. The molecule has 0 heterocycles. The van der Waals surface area contributed by atoms with Crippen molar-refractivity contribution in [3.63, 3.8) is 0 Å². The first-order chi connectivity index (χ1) is 14.1. The van der Waals surface area contributed by atoms with E-state index in [-0.39, 0.29) is 11.3 Å². The Morgan fingerprint density at radius 2 is 1.90 bits per heavy atom. The summed E-state index contributed by atoms with van der Waals surface area (Å²) in [7, 11) is 1.98. The molecule has 2 atom stereocenters. The molecule has 4 saturated carbocycles. The second-order valence-electron chi connectivity index (χ2n) is 10.3. The average molecular weight is 454 g/mol. The normalized spacial score (nSPS) is 32.3. The maximum atomic E-state index is 12.9. The van der Waals surface area contributed by atoms with Crippen LogP contribution < -0.4 is 4.74 Å². The Morgan fingerprint density at radius 1 is 1.23 bits per heavy atom. The van der Waals surface area contributed by atoms with E-state index in [1.54, 1.807) is 18.2 Å². The fourth-order valence-electron chi connectivity index (χ4n) is 6.72. The van der Waals surface area contributed by atoms with E-state index in [1.165, 1.54) is 12.8 Å². The summed E-state index contributed by atoms with van der Waals surface area (Å²) < 4.78 is 5.72. The van der Waals surface area contributed by atoms with Crippen LogP contribution in [0.5, 0.6) is 5.75 Å². The highest BCUT2D eigenvalue weighted by atomic mass is 35.5. The van der Waals surface area contributed by atoms with Crippen molar-refractivity contribution in [3.05, 3.63) is 28.2 Å². The van der Waals surface area contributed by atoms with Gasteiger partial charge in [-0.3, -0.25) is 4.79 Å². The molecule has 2 unspecified atom stereocenters. The molecule has 4 nitrogen and oxygen atoms in total. The first-order valence-corrected chi connectivity index (χ1v) is 11.9. The molecule has 4 fully saturated rings. The van der Waals surface area contributed by atoms with E-state index in [4.69, 9.17) is 27.9 Å². The first-order valence-electron chi connectivity index (χ1n) is 11.2. The fourth-order valence-corrected chi connectivity index (χ4v) is 7.18. The number of carbonyl (C=O) groups excluding carboxylic acids is 1. The van der Waals surface area contributed by atoms with Gasteiger partial charge in [0.15, 0.2) is 0 Å². The lowest BCUT2D eigenvalue weighted by molar-refractivity contribution is -0.188. The minimum Gasteiger partial charge on any atom is -0.492 e. The molecule has 0 saturated heterocycles. The van der Waals surface area contributed by atoms with Gasteiger partial charge in [0, 0.05) is 24.5 Å². The lowest BCUT2D eigenvalue weighted by Crippen LogP contribution is -2.64. The summed E-state index contributed by atoms with van der Waals surface area (Å²) in [5, 5.41) is 11.9. The first kappa shape index (κ1) is 22.2. The zero-order valence-corrected chi connectivity index (χ0v) is 19.7. The van der Waals surface area contributed by atoms with Crippen LogP contribution in [0.15, 0.2) is 18.2 Å². The summed E-state index contributed by atoms with van der Waals surface area (Å²) >= 11 is 12.0. The van der Waals surface area contributed by atoms with E-state index >= 15 is 0 Å². The van der Waals surface area contributed by atoms with Crippen molar-refractivity contribution in [3.8, 4) is 5.75 Å². The van der Waals surface area contributed by atoms with E-state index < -0.39 is 5.60 Å². The average Bonchev–Trinajstić information content (AvgIpc) is 2.64. The number of benzene rings is 1. The monoisotopic (exact) mass is 453 g/mol. The number of carbonyl (C=O) groups is 1. The van der Waals surface area contributed by atoms with E-state index in [0.717, 1.165) is 19.3 Å². The maximum absolute atomic E-state index is 12.9. The summed E-state index contributed by atoms with van der Waals surface area (Å²) in [5.41, 5.74) is -0.605. The van der Waals surface area contributed by atoms with Crippen LogP contribution in [0.25, 0.3) is 0 Å². The van der Waals surface area contributed by atoms with E-state index in [1.807, 2.05) is 25.8 Å². The second-order valence-corrected chi connectivity index (χ2v) is 11.2. The molecule has 166 valence electrons. The molecule has 1 aromatic rings. The summed E-state index contributed by atoms with van der Waals surface area (Å²) in [5.74, 6) is 2.53. The van der Waals surface area contributed by atoms with Crippen molar-refractivity contribution in [2.24, 2.45) is 23.2 Å². The van der Waals surface area contributed by atoms with Crippen molar-refractivity contribution in [2.45, 2.75) is 70.4 Å². The number of amides is 1. The van der Waals surface area contributed by atoms with Gasteiger partial charge in [-0.2, -0.15) is 0 Å². The Bertz CT molecular complexity index is 790. The molecule has 6 heteroatoms. The number of nitrogens with zero attached hydrogens (tertiary/aromatic N) is 1. The van der Waals surface area contributed by atoms with Crippen LogP contribution in [0.3, 0.4) is 0 Å². The highest BCUT2D eigenvalue weighted by Gasteiger charge is 2.60. The van der Waals surface area contributed by atoms with Crippen LogP contribution in [0.2, 0.25) is 10.0 Å². The van der Waals surface area contributed by atoms with Crippen LogP contribution in [-0.4, -0.2) is 41.2 Å². The Hall–Kier alpha value is -0.970. The zero-order chi connectivity index (χ0) is 21.7. The number of halogens is 2. The fraction of sp³-hybridized carbons (Fsp3) is 0.708. The number of rotatable bonds is 7. The third kappa shape index (κ3) is 4.08. The van der Waals surface area contributed by atoms with Gasteiger partial charge in [0.25, 0.3) is 0 Å². The predicted octanol–water partition coefficient (Wildman–Crippen LogP) is 5.58. The highest BCUT2D eigenvalue weighted by Crippen LogP contribution is 2.64. The molecule has 0 radical (unpaired) electrons. The van der Waals surface area contributed by atoms with Gasteiger partial charge in [-0.1, -0.05) is 23.2 Å². The van der Waals surface area contributed by atoms with Crippen molar-refractivity contribution in [1.29, 1.82) is 0 Å². The molecule has 1 N–H and O–H groups in total. The van der Waals surface area contributed by atoms with Gasteiger partial charge in [-0.05, 0) is 93.7 Å². The van der Waals surface area contributed by atoms with E-state index in [0.29, 0.717) is 59.0 Å². The molecule has 0 aliphatic heterocycles. The van der Waals surface area contributed by atoms with Gasteiger partial charge in [0.1, 0.15) is 5.75 Å². The largest absolute Gasteiger partial charge is 0.492 e. The zero-order valence-electron chi connectivity index (χ0n) is 18.2. The molecule has 4 bridgehead atoms. The van der Waals surface area contributed by atoms with Crippen molar-refractivity contribution in [1.82, 2.24) is 4.90 Å². The molecule has 0 spiro atoms. The number of hydrogen-bond acceptors (Lipinski definition) is 3. The SMILES string of the molecule is CN(C(=O)CCCOc1ccc(Cl)cc1Cl)C1C2CC3CC1CC(C(C)(C)O)(C3)C2. The lowest BCUT2D eigenvalue weighted by atomic mass is 9.44. The Labute approximate surface area is 189 Å². The maximum Gasteiger partial charge on any atom is 0.222 e. The number of aliphatic hydroxyl groups is 1. The van der Waals surface area contributed by atoms with Gasteiger partial charge in [-0.15, -0.1) is 0 Å². The van der Waals surface area contributed by atoms with Crippen LogP contribution in [-0.2, 0) is 4.79 Å². The smallest absolute Gasteiger partial charge is 0.222 e. The van der Waals surface area contributed by atoms with E-state index in [2.05, 4.69) is 0 Å². The molecule has 5 rings (SSSR count). The second kappa shape index (κ2) is 8.18. The van der Waals surface area contributed by atoms with Crippen LogP contribution >= 0.6 is 23.2 Å². The lowest BCUT2D eigenvalue weighted by Gasteiger charge is -2.64. The molecule has 4 aliphatic carbocycles. The summed E-state index contributed by atoms with van der Waals surface area (Å²) in [6, 6.07) is 5.47. The molecule has 30 heavy (non-hydrogen) atoms. The minimum absolute atomic E-state index is 0.0373. The molecule has 0 aromatic heterocycles. The topological polar surface area (TPSA) is 49.8 Å². The Balaban J connectivity index is 1.31. The van der Waals surface area contributed by atoms with E-state index in [9.17, 15) is 9.90 Å². The quantitative estimate of drug-likeness (QED) is 0.548. The van der Waals surface area contributed by atoms with Crippen LogP contribution in [0.1, 0.15) is 58.8 Å². The van der Waals surface area contributed by atoms with Crippen LogP contribution in [0, 0.1) is 23.2 Å². The summed E-state index contributed by atoms with van der Waals surface area (Å²) in [4.78, 5) is 15.0. The van der Waals surface area contributed by atoms with Crippen molar-refractivity contribution in [2.75, 3.05) is 13.7 Å². The highest BCUT2D eigenvalue weighted by molar-refractivity contribution is 6.35. The van der Waals surface area contributed by atoms with Gasteiger partial charge in [0.2, 0.25) is 5.91 Å². The minimum atomic E-state index is -0.642. The van der Waals surface area contributed by atoms with Crippen molar-refractivity contribution < 1.29 is 14.6 Å². The van der Waals surface area contributed by atoms with Gasteiger partial charge < -0.3 is 14.7 Å². The van der Waals surface area contributed by atoms with Gasteiger partial charge in [-0.25, -0.2) is 0 Å². The standard InChI is InChI=1S/C24H33Cl2NO3/c1-23(2,29)24-12-15-9-16(13-24)22(17(10-15)14-24)27(3)21(28)5-4-8-30-20-7-6-18(25)11-19(20)26/h6-7,11,15-17,22,29H,4-5,8-10,12-14H2,1-3H3. The Kier molecular flexibility index (Phi) is 6.06. The predicted molar refractivity (Wildman–Crippen MR) is 120 cm³/mol. The molecular weight excluding hydrogens is 421 g/mol. The molecule has 1 aromatic carbocycles. The van der Waals surface area contributed by atoms with Gasteiger partial charge in [0.05, 0.1) is 17.2 Å². The Morgan fingerprint density at radius 3 is 2.50 bits per heavy atom. The molecular formula is C24H33Cl2NO3. The van der Waals surface area contributed by atoms with Crippen molar-refractivity contribution >= 4 is 29.1 Å². The molecule has 4 aliphatic rings. The molecule has 1 amide bonds. The summed E-state index contributed by atoms with van der Waals surface area (Å²) in [6.07, 6.45) is 6.77. The summed E-state index contributed by atoms with van der Waals surface area (Å²) in [6.45, 7) is 4.41. The third-order valence-electron chi connectivity index (χ3n) is 8.05. The number of hydrogen-bond donors (Lipinski definition) is 1. The van der Waals surface area contributed by atoms with Gasteiger partial charge >= 0.3 is 0 Å². The van der Waals surface area contributed by atoms with Crippen LogP contribution in [0.4, 0.5) is 0 Å². The third-order valence-corrected chi connectivity index (χ3v) is 8.58.